The number of carbonyl (C=O) groups is 1. The lowest BCUT2D eigenvalue weighted by Gasteiger charge is -2.34. The van der Waals surface area contributed by atoms with Crippen LogP contribution in [-0.4, -0.2) is 22.7 Å². The van der Waals surface area contributed by atoms with E-state index < -0.39 is 17.2 Å². The van der Waals surface area contributed by atoms with Crippen LogP contribution in [0.25, 0.3) is 0 Å². The van der Waals surface area contributed by atoms with Gasteiger partial charge in [0, 0.05) is 12.8 Å². The molecular formula is C14H20O4. The summed E-state index contributed by atoms with van der Waals surface area (Å²) < 4.78 is 11.1. The third kappa shape index (κ3) is 1.36. The second kappa shape index (κ2) is 3.28. The highest BCUT2D eigenvalue weighted by atomic mass is 17.0. The fraction of sp³-hybridized carbons (Fsp3) is 0.929. The Kier molecular flexibility index (Phi) is 2.05. The molecule has 0 aromatic rings. The van der Waals surface area contributed by atoms with Crippen molar-refractivity contribution in [1.82, 2.24) is 0 Å². The maximum absolute atomic E-state index is 11.8. The topological polar surface area (TPSA) is 62.4 Å². The Balaban J connectivity index is 1.51. The van der Waals surface area contributed by atoms with E-state index in [1.807, 2.05) is 0 Å². The lowest BCUT2D eigenvalue weighted by atomic mass is 9.67. The minimum atomic E-state index is -0.637. The molecular weight excluding hydrogens is 232 g/mol. The first-order valence-electron chi connectivity index (χ1n) is 7.24. The normalized spacial score (nSPS) is 50.2. The van der Waals surface area contributed by atoms with E-state index in [4.69, 9.17) is 9.47 Å². The van der Waals surface area contributed by atoms with Crippen LogP contribution in [0.4, 0.5) is 0 Å². The number of carboxylic acids is 1. The third-order valence-corrected chi connectivity index (χ3v) is 5.52. The van der Waals surface area contributed by atoms with Crippen molar-refractivity contribution in [2.45, 2.75) is 69.4 Å². The van der Waals surface area contributed by atoms with Gasteiger partial charge in [-0.3, -0.25) is 4.79 Å². The molecule has 4 fully saturated rings. The largest absolute Gasteiger partial charge is 0.481 e. The maximum atomic E-state index is 11.8. The quantitative estimate of drug-likeness (QED) is 0.784. The summed E-state index contributed by atoms with van der Waals surface area (Å²) >= 11 is 0. The van der Waals surface area contributed by atoms with Crippen LogP contribution in [0.1, 0.15) is 57.8 Å². The molecule has 1 N–H and O–H groups in total. The van der Waals surface area contributed by atoms with Gasteiger partial charge < -0.3 is 14.6 Å². The van der Waals surface area contributed by atoms with Gasteiger partial charge in [-0.05, 0) is 18.8 Å². The monoisotopic (exact) mass is 252 g/mol. The number of rotatable bonds is 3. The molecule has 2 heterocycles. The minimum absolute atomic E-state index is 0.335. The van der Waals surface area contributed by atoms with Crippen LogP contribution in [0.2, 0.25) is 0 Å². The number of epoxide rings is 2. The number of aliphatic carboxylic acids is 1. The predicted octanol–water partition coefficient (Wildman–Crippen LogP) is 2.66. The first kappa shape index (κ1) is 11.2. The summed E-state index contributed by atoms with van der Waals surface area (Å²) in [5.74, 6) is -0.852. The zero-order valence-electron chi connectivity index (χ0n) is 10.6. The Hall–Kier alpha value is -0.610. The number of ether oxygens (including phenoxy) is 2. The SMILES string of the molecule is O=C(O)[C@]1(CC2CCCCC2)CCC23OC2(C1)O3. The van der Waals surface area contributed by atoms with Gasteiger partial charge in [0.25, 0.3) is 0 Å². The lowest BCUT2D eigenvalue weighted by molar-refractivity contribution is -0.154. The van der Waals surface area contributed by atoms with Crippen molar-refractivity contribution < 1.29 is 19.4 Å². The lowest BCUT2D eigenvalue weighted by Crippen LogP contribution is -2.38. The number of carboxylic acid groups (broad SMARTS) is 1. The van der Waals surface area contributed by atoms with Crippen molar-refractivity contribution in [2.24, 2.45) is 11.3 Å². The van der Waals surface area contributed by atoms with Crippen LogP contribution in [0.15, 0.2) is 0 Å². The molecule has 0 aromatic carbocycles. The average Bonchev–Trinajstić information content (AvgIpc) is 3.15. The summed E-state index contributed by atoms with van der Waals surface area (Å²) in [4.78, 5) is 11.8. The molecule has 0 radical (unpaired) electrons. The first-order valence-corrected chi connectivity index (χ1v) is 7.24. The number of hydrogen-bond acceptors (Lipinski definition) is 3. The van der Waals surface area contributed by atoms with Crippen molar-refractivity contribution in [3.63, 3.8) is 0 Å². The van der Waals surface area contributed by atoms with Gasteiger partial charge in [-0.2, -0.15) is 0 Å². The molecule has 0 unspecified atom stereocenters. The van der Waals surface area contributed by atoms with Crippen molar-refractivity contribution in [3.05, 3.63) is 0 Å². The summed E-state index contributed by atoms with van der Waals surface area (Å²) in [5.41, 5.74) is -0.585. The predicted molar refractivity (Wildman–Crippen MR) is 62.7 cm³/mol. The highest BCUT2D eigenvalue weighted by molar-refractivity contribution is 5.75. The summed E-state index contributed by atoms with van der Waals surface area (Å²) in [7, 11) is 0. The van der Waals surface area contributed by atoms with Gasteiger partial charge in [0.05, 0.1) is 5.41 Å². The molecule has 0 bridgehead atoms. The zero-order chi connectivity index (χ0) is 12.4. The van der Waals surface area contributed by atoms with Crippen LogP contribution in [-0.2, 0) is 14.3 Å². The van der Waals surface area contributed by atoms with E-state index >= 15 is 0 Å². The highest BCUT2D eigenvalue weighted by Crippen LogP contribution is 2.77. The standard InChI is InChI=1S/C14H20O4/c15-11(16)12(8-10-4-2-1-3-5-10)6-7-13-14(9-12,17-13)18-13/h10H,1-9H2,(H,15,16)/t12-,13?,14?/m0/s1. The molecule has 0 aromatic heterocycles. The fourth-order valence-electron chi connectivity index (χ4n) is 4.31. The van der Waals surface area contributed by atoms with E-state index in [0.717, 1.165) is 19.3 Å². The number of hydrogen-bond donors (Lipinski definition) is 1. The van der Waals surface area contributed by atoms with E-state index in [1.54, 1.807) is 0 Å². The van der Waals surface area contributed by atoms with Gasteiger partial charge in [0.2, 0.25) is 11.6 Å². The van der Waals surface area contributed by atoms with Crippen molar-refractivity contribution in [2.75, 3.05) is 0 Å². The minimum Gasteiger partial charge on any atom is -0.481 e. The summed E-state index contributed by atoms with van der Waals surface area (Å²) in [6.07, 6.45) is 9.15. The second-order valence-corrected chi connectivity index (χ2v) is 6.68. The van der Waals surface area contributed by atoms with Crippen LogP contribution in [0, 0.1) is 11.3 Å². The molecule has 0 spiro atoms. The third-order valence-electron chi connectivity index (χ3n) is 5.52. The van der Waals surface area contributed by atoms with E-state index in [1.165, 1.54) is 32.1 Å². The molecule has 4 nitrogen and oxygen atoms in total. The average molecular weight is 252 g/mol. The van der Waals surface area contributed by atoms with Crippen LogP contribution in [0.3, 0.4) is 0 Å². The van der Waals surface area contributed by atoms with Gasteiger partial charge >= 0.3 is 5.97 Å². The molecule has 4 rings (SSSR count). The van der Waals surface area contributed by atoms with E-state index in [9.17, 15) is 9.90 Å². The van der Waals surface area contributed by atoms with Crippen molar-refractivity contribution in [1.29, 1.82) is 0 Å². The van der Waals surface area contributed by atoms with E-state index in [-0.39, 0.29) is 5.79 Å². The Bertz CT molecular complexity index is 393. The Morgan fingerprint density at radius 2 is 1.83 bits per heavy atom. The molecule has 4 aliphatic rings. The fourth-order valence-corrected chi connectivity index (χ4v) is 4.31. The van der Waals surface area contributed by atoms with Crippen molar-refractivity contribution >= 4 is 5.97 Å². The maximum Gasteiger partial charge on any atom is 0.309 e. The molecule has 18 heavy (non-hydrogen) atoms. The van der Waals surface area contributed by atoms with Gasteiger partial charge in [-0.25, -0.2) is 0 Å². The van der Waals surface area contributed by atoms with E-state index in [2.05, 4.69) is 0 Å². The Morgan fingerprint density at radius 3 is 2.44 bits per heavy atom. The zero-order valence-corrected chi connectivity index (χ0v) is 10.6. The molecule has 100 valence electrons. The van der Waals surface area contributed by atoms with Crippen LogP contribution in [0.5, 0.6) is 0 Å². The molecule has 1 atom stereocenters. The molecule has 0 amide bonds. The highest BCUT2D eigenvalue weighted by Gasteiger charge is 2.93. The van der Waals surface area contributed by atoms with Gasteiger partial charge in [0.15, 0.2) is 0 Å². The van der Waals surface area contributed by atoms with E-state index in [0.29, 0.717) is 12.3 Å². The second-order valence-electron chi connectivity index (χ2n) is 6.68. The molecule has 2 saturated heterocycles. The first-order chi connectivity index (χ1) is 8.60. The van der Waals surface area contributed by atoms with Crippen LogP contribution < -0.4 is 0 Å². The Labute approximate surface area is 107 Å². The van der Waals surface area contributed by atoms with Gasteiger partial charge in [0.1, 0.15) is 0 Å². The van der Waals surface area contributed by atoms with Gasteiger partial charge in [-0.1, -0.05) is 32.1 Å². The summed E-state index contributed by atoms with van der Waals surface area (Å²) in [6, 6.07) is 0. The van der Waals surface area contributed by atoms with Gasteiger partial charge in [-0.15, -0.1) is 0 Å². The smallest absolute Gasteiger partial charge is 0.309 e. The summed E-state index contributed by atoms with van der Waals surface area (Å²) in [5, 5.41) is 9.68. The van der Waals surface area contributed by atoms with Crippen LogP contribution >= 0.6 is 0 Å². The molecule has 2 aliphatic heterocycles. The molecule has 2 aliphatic carbocycles. The molecule has 2 saturated carbocycles. The molecule has 4 heteroatoms. The van der Waals surface area contributed by atoms with Crippen molar-refractivity contribution in [3.8, 4) is 0 Å². The Morgan fingerprint density at radius 1 is 1.11 bits per heavy atom. The summed E-state index contributed by atoms with van der Waals surface area (Å²) in [6.45, 7) is 0.